The summed E-state index contributed by atoms with van der Waals surface area (Å²) in [7, 11) is -0.301. The number of hydrogen-bond donors (Lipinski definition) is 0. The number of alkyl halides is 1. The summed E-state index contributed by atoms with van der Waals surface area (Å²) in [4.78, 5) is 0.309. The van der Waals surface area contributed by atoms with Crippen LogP contribution in [0.2, 0.25) is 0 Å². The van der Waals surface area contributed by atoms with Crippen molar-refractivity contribution in [2.75, 3.05) is 14.1 Å². The molecule has 0 heterocycles. The van der Waals surface area contributed by atoms with Crippen LogP contribution < -0.4 is 0 Å². The minimum absolute atomic E-state index is 0.0382. The van der Waals surface area contributed by atoms with Crippen molar-refractivity contribution >= 4 is 21.6 Å². The molecular formula is C14H22ClNO2S. The molecule has 0 aliphatic carbocycles. The molecule has 0 N–H and O–H groups in total. The van der Waals surface area contributed by atoms with E-state index in [1.807, 2.05) is 12.1 Å². The standard InChI is InChI=1S/C14H22ClNO2S/c1-10(2)14(15)11(3)12-6-8-13(9-7-12)19(17,18)16(4)5/h6-11,14H,1-5H3. The number of hydrogen-bond acceptors (Lipinski definition) is 2. The third-order valence-electron chi connectivity index (χ3n) is 3.30. The minimum atomic E-state index is -3.36. The maximum Gasteiger partial charge on any atom is 0.242 e. The predicted molar refractivity (Wildman–Crippen MR) is 80.2 cm³/mol. The summed E-state index contributed by atoms with van der Waals surface area (Å²) >= 11 is 6.35. The summed E-state index contributed by atoms with van der Waals surface area (Å²) in [5.74, 6) is 0.569. The first kappa shape index (κ1) is 16.5. The van der Waals surface area contributed by atoms with Gasteiger partial charge < -0.3 is 0 Å². The molecule has 0 saturated carbocycles. The maximum atomic E-state index is 12.0. The number of rotatable bonds is 5. The zero-order chi connectivity index (χ0) is 14.8. The Kier molecular flexibility index (Phi) is 5.42. The molecule has 5 heteroatoms. The second kappa shape index (κ2) is 6.25. The highest BCUT2D eigenvalue weighted by atomic mass is 35.5. The van der Waals surface area contributed by atoms with Crippen LogP contribution in [0.3, 0.4) is 0 Å². The van der Waals surface area contributed by atoms with Crippen molar-refractivity contribution in [1.82, 2.24) is 4.31 Å². The third-order valence-corrected chi connectivity index (χ3v) is 6.01. The Balaban J connectivity index is 3.01. The van der Waals surface area contributed by atoms with Gasteiger partial charge in [-0.25, -0.2) is 12.7 Å². The SMILES string of the molecule is CC(C)C(Cl)C(C)c1ccc(S(=O)(=O)N(C)C)cc1. The quantitative estimate of drug-likeness (QED) is 0.783. The van der Waals surface area contributed by atoms with Gasteiger partial charge in [0.15, 0.2) is 0 Å². The molecule has 108 valence electrons. The van der Waals surface area contributed by atoms with Gasteiger partial charge in [0.1, 0.15) is 0 Å². The Hall–Kier alpha value is -0.580. The Morgan fingerprint density at radius 1 is 1.05 bits per heavy atom. The summed E-state index contributed by atoms with van der Waals surface area (Å²) in [5, 5.41) is 0.0382. The van der Waals surface area contributed by atoms with Crippen molar-refractivity contribution in [3.05, 3.63) is 29.8 Å². The van der Waals surface area contributed by atoms with E-state index in [1.165, 1.54) is 18.4 Å². The lowest BCUT2D eigenvalue weighted by Crippen LogP contribution is -2.22. The molecule has 1 aromatic carbocycles. The number of sulfonamides is 1. The fourth-order valence-corrected chi connectivity index (χ4v) is 2.96. The fraction of sp³-hybridized carbons (Fsp3) is 0.571. The molecule has 0 amide bonds. The van der Waals surface area contributed by atoms with E-state index in [0.717, 1.165) is 5.56 Å². The van der Waals surface area contributed by atoms with Gasteiger partial charge in [-0.1, -0.05) is 32.9 Å². The molecule has 2 unspecified atom stereocenters. The molecule has 0 spiro atoms. The Labute approximate surface area is 121 Å². The van der Waals surface area contributed by atoms with Gasteiger partial charge in [-0.2, -0.15) is 0 Å². The molecule has 0 bridgehead atoms. The molecule has 1 rings (SSSR count). The summed E-state index contributed by atoms with van der Waals surface area (Å²) in [6.07, 6.45) is 0. The molecule has 2 atom stereocenters. The van der Waals surface area contributed by atoms with Crippen LogP contribution in [0.5, 0.6) is 0 Å². The first-order valence-corrected chi connectivity index (χ1v) is 8.22. The zero-order valence-electron chi connectivity index (χ0n) is 12.1. The lowest BCUT2D eigenvalue weighted by Gasteiger charge is -2.22. The van der Waals surface area contributed by atoms with Gasteiger partial charge in [0.05, 0.1) is 4.90 Å². The Morgan fingerprint density at radius 2 is 1.53 bits per heavy atom. The lowest BCUT2D eigenvalue weighted by atomic mass is 9.91. The van der Waals surface area contributed by atoms with Crippen LogP contribution in [0.15, 0.2) is 29.2 Å². The van der Waals surface area contributed by atoms with Crippen LogP contribution in [0.1, 0.15) is 32.3 Å². The third kappa shape index (κ3) is 3.71. The maximum absolute atomic E-state index is 12.0. The molecule has 0 aromatic heterocycles. The van der Waals surface area contributed by atoms with Gasteiger partial charge in [-0.3, -0.25) is 0 Å². The Bertz CT molecular complexity index is 509. The van der Waals surface area contributed by atoms with Gasteiger partial charge in [0.25, 0.3) is 0 Å². The van der Waals surface area contributed by atoms with Crippen LogP contribution in [0, 0.1) is 5.92 Å². The minimum Gasteiger partial charge on any atom is -0.207 e. The van der Waals surface area contributed by atoms with Crippen molar-refractivity contribution in [2.45, 2.75) is 37.0 Å². The summed E-state index contributed by atoms with van der Waals surface area (Å²) < 4.78 is 25.1. The van der Waals surface area contributed by atoms with Crippen LogP contribution in [-0.2, 0) is 10.0 Å². The van der Waals surface area contributed by atoms with Crippen LogP contribution in [0.4, 0.5) is 0 Å². The summed E-state index contributed by atoms with van der Waals surface area (Å²) in [6, 6.07) is 6.98. The van der Waals surface area contributed by atoms with Crippen LogP contribution >= 0.6 is 11.6 Å². The van der Waals surface area contributed by atoms with Crippen molar-refractivity contribution in [1.29, 1.82) is 0 Å². The first-order chi connectivity index (χ1) is 8.67. The molecule has 1 aromatic rings. The number of nitrogens with zero attached hydrogens (tertiary/aromatic N) is 1. The Morgan fingerprint density at radius 3 is 1.89 bits per heavy atom. The monoisotopic (exact) mass is 303 g/mol. The highest BCUT2D eigenvalue weighted by molar-refractivity contribution is 7.89. The van der Waals surface area contributed by atoms with E-state index >= 15 is 0 Å². The van der Waals surface area contributed by atoms with Crippen molar-refractivity contribution in [2.24, 2.45) is 5.92 Å². The van der Waals surface area contributed by atoms with Crippen LogP contribution in [-0.4, -0.2) is 32.2 Å². The smallest absolute Gasteiger partial charge is 0.207 e. The second-order valence-corrected chi connectivity index (χ2v) is 7.99. The van der Waals surface area contributed by atoms with Gasteiger partial charge in [0.2, 0.25) is 10.0 Å². The molecule has 0 aliphatic heterocycles. The molecule has 0 radical (unpaired) electrons. The molecular weight excluding hydrogens is 282 g/mol. The van der Waals surface area contributed by atoms with Gasteiger partial charge in [-0.15, -0.1) is 11.6 Å². The summed E-state index contributed by atoms with van der Waals surface area (Å²) in [6.45, 7) is 6.23. The van der Waals surface area contributed by atoms with E-state index in [-0.39, 0.29) is 11.3 Å². The molecule has 0 fully saturated rings. The normalized spacial score (nSPS) is 15.8. The highest BCUT2D eigenvalue weighted by Crippen LogP contribution is 2.29. The van der Waals surface area contributed by atoms with Gasteiger partial charge in [0, 0.05) is 19.5 Å². The topological polar surface area (TPSA) is 37.4 Å². The first-order valence-electron chi connectivity index (χ1n) is 6.34. The molecule has 0 aliphatic rings. The van der Waals surface area contributed by atoms with E-state index in [4.69, 9.17) is 11.6 Å². The van der Waals surface area contributed by atoms with Crippen molar-refractivity contribution in [3.8, 4) is 0 Å². The van der Waals surface area contributed by atoms with E-state index in [2.05, 4.69) is 20.8 Å². The molecule has 3 nitrogen and oxygen atoms in total. The average molecular weight is 304 g/mol. The fourth-order valence-electron chi connectivity index (χ4n) is 1.92. The van der Waals surface area contributed by atoms with Crippen LogP contribution in [0.25, 0.3) is 0 Å². The number of halogens is 1. The van der Waals surface area contributed by atoms with E-state index < -0.39 is 10.0 Å². The predicted octanol–water partition coefficient (Wildman–Crippen LogP) is 3.30. The molecule has 19 heavy (non-hydrogen) atoms. The van der Waals surface area contributed by atoms with Gasteiger partial charge in [-0.05, 0) is 29.5 Å². The van der Waals surface area contributed by atoms with E-state index in [1.54, 1.807) is 12.1 Å². The molecule has 0 saturated heterocycles. The van der Waals surface area contributed by atoms with E-state index in [9.17, 15) is 8.42 Å². The van der Waals surface area contributed by atoms with E-state index in [0.29, 0.717) is 10.8 Å². The van der Waals surface area contributed by atoms with Gasteiger partial charge >= 0.3 is 0 Å². The summed E-state index contributed by atoms with van der Waals surface area (Å²) in [5.41, 5.74) is 1.06. The van der Waals surface area contributed by atoms with Crippen molar-refractivity contribution in [3.63, 3.8) is 0 Å². The van der Waals surface area contributed by atoms with Crippen molar-refractivity contribution < 1.29 is 8.42 Å². The second-order valence-electron chi connectivity index (χ2n) is 5.33. The highest BCUT2D eigenvalue weighted by Gasteiger charge is 2.21. The number of benzene rings is 1. The largest absolute Gasteiger partial charge is 0.242 e. The lowest BCUT2D eigenvalue weighted by molar-refractivity contribution is 0.520. The average Bonchev–Trinajstić information content (AvgIpc) is 2.36. The zero-order valence-corrected chi connectivity index (χ0v) is 13.7.